The third kappa shape index (κ3) is 4.35. The van der Waals surface area contributed by atoms with E-state index in [0.29, 0.717) is 0 Å². The molecule has 61 heavy (non-hydrogen) atoms. The summed E-state index contributed by atoms with van der Waals surface area (Å²) in [5, 5.41) is 9.55. The van der Waals surface area contributed by atoms with Crippen LogP contribution in [0, 0.1) is 0 Å². The maximum Gasteiger partial charge on any atom is 0.333 e. The molecule has 0 amide bonds. The van der Waals surface area contributed by atoms with Gasteiger partial charge >= 0.3 is 6.85 Å². The molecule has 0 N–H and O–H groups in total. The van der Waals surface area contributed by atoms with Gasteiger partial charge in [-0.2, -0.15) is 0 Å². The maximum atomic E-state index is 7.16. The standard InChI is InChI=1S/C56H37BN2O2/c1-56(2,3)35-29-41-40-31-42-38-19-10-12-23-49(38)61-55(42)53-51(40)57(59-45-27-25-33-16-7-8-17-36(33)50(45)43(30-35)52(41)59)44-26-24-34(32-14-5-4-6-15-32)28-47(44)58(53)46-21-13-20-39-37-18-9-11-22-48(37)60-54(39)46/h4-31H,1-3H3. The Hall–Kier alpha value is -7.50. The molecule has 2 aliphatic heterocycles. The fourth-order valence-electron chi connectivity index (χ4n) is 10.9. The smallest absolute Gasteiger partial charge is 0.333 e. The molecular formula is C56H37BN2O2. The van der Waals surface area contributed by atoms with Gasteiger partial charge in [0.2, 0.25) is 0 Å². The summed E-state index contributed by atoms with van der Waals surface area (Å²) in [6, 6.07) is 62.3. The average molecular weight is 781 g/mol. The van der Waals surface area contributed by atoms with Gasteiger partial charge in [-0.25, -0.2) is 0 Å². The monoisotopic (exact) mass is 780 g/mol. The summed E-state index contributed by atoms with van der Waals surface area (Å²) in [5.74, 6) is 0. The number of anilines is 3. The summed E-state index contributed by atoms with van der Waals surface area (Å²) in [6.07, 6.45) is 0. The number of hydrogen-bond acceptors (Lipinski definition) is 3. The van der Waals surface area contributed by atoms with Crippen LogP contribution < -0.4 is 15.8 Å². The van der Waals surface area contributed by atoms with Crippen LogP contribution in [-0.2, 0) is 5.41 Å². The zero-order valence-electron chi connectivity index (χ0n) is 34.0. The number of hydrogen-bond donors (Lipinski definition) is 0. The van der Waals surface area contributed by atoms with Gasteiger partial charge in [0.15, 0.2) is 11.2 Å². The van der Waals surface area contributed by atoms with Crippen molar-refractivity contribution in [3.8, 4) is 22.3 Å². The van der Waals surface area contributed by atoms with Crippen LogP contribution in [-0.4, -0.2) is 11.3 Å². The van der Waals surface area contributed by atoms with Crippen molar-refractivity contribution in [3.05, 3.63) is 175 Å². The van der Waals surface area contributed by atoms with E-state index in [2.05, 4.69) is 200 Å². The molecule has 0 spiro atoms. The molecular weight excluding hydrogens is 743 g/mol. The molecule has 9 aromatic carbocycles. The van der Waals surface area contributed by atoms with Gasteiger partial charge in [-0.05, 0) is 97.9 Å². The first-order chi connectivity index (χ1) is 29.9. The Labute approximate surface area is 351 Å². The minimum atomic E-state index is -0.150. The summed E-state index contributed by atoms with van der Waals surface area (Å²) < 4.78 is 16.7. The second-order valence-corrected chi connectivity index (χ2v) is 18.0. The molecule has 12 aromatic rings. The largest absolute Gasteiger partial charge is 0.454 e. The number of rotatable bonds is 2. The molecule has 0 radical (unpaired) electrons. The lowest BCUT2D eigenvalue weighted by molar-refractivity contribution is 0.591. The Morgan fingerprint density at radius 1 is 0.492 bits per heavy atom. The van der Waals surface area contributed by atoms with Crippen LogP contribution in [0.25, 0.3) is 98.7 Å². The maximum absolute atomic E-state index is 7.16. The molecule has 14 rings (SSSR count). The van der Waals surface area contributed by atoms with Gasteiger partial charge in [0, 0.05) is 54.6 Å². The first kappa shape index (κ1) is 33.3. The van der Waals surface area contributed by atoms with E-state index in [1.807, 2.05) is 0 Å². The van der Waals surface area contributed by atoms with Crippen molar-refractivity contribution in [1.82, 2.24) is 4.48 Å². The molecule has 0 fully saturated rings. The van der Waals surface area contributed by atoms with Crippen LogP contribution >= 0.6 is 0 Å². The van der Waals surface area contributed by atoms with E-state index < -0.39 is 0 Å². The summed E-state index contributed by atoms with van der Waals surface area (Å²) >= 11 is 0. The van der Waals surface area contributed by atoms with Gasteiger partial charge < -0.3 is 18.2 Å². The molecule has 0 aliphatic carbocycles. The normalized spacial score (nSPS) is 13.4. The summed E-state index contributed by atoms with van der Waals surface area (Å²) in [5.41, 5.74) is 17.7. The fraction of sp³-hybridized carbons (Fsp3) is 0.0714. The number of para-hydroxylation sites is 3. The zero-order valence-corrected chi connectivity index (χ0v) is 34.0. The SMILES string of the molecule is CC(C)(C)c1cc2c3c(c1)c1c4ccccc4ccc1n3B1c3ccc(-c4ccccc4)cc3N(c3cccc4c3oc3ccccc34)c3c1c-2cc1c3oc2ccccc21. The third-order valence-corrected chi connectivity index (χ3v) is 13.7. The molecule has 4 nitrogen and oxygen atoms in total. The highest BCUT2D eigenvalue weighted by Crippen LogP contribution is 2.52. The van der Waals surface area contributed by atoms with Gasteiger partial charge in [0.25, 0.3) is 0 Å². The Kier molecular flexibility index (Phi) is 6.35. The quantitative estimate of drug-likeness (QED) is 0.164. The van der Waals surface area contributed by atoms with Crippen molar-refractivity contribution in [1.29, 1.82) is 0 Å². The lowest BCUT2D eigenvalue weighted by Gasteiger charge is -2.40. The second-order valence-electron chi connectivity index (χ2n) is 18.0. The van der Waals surface area contributed by atoms with E-state index in [9.17, 15) is 0 Å². The van der Waals surface area contributed by atoms with Crippen LogP contribution in [0.2, 0.25) is 0 Å². The Balaban J connectivity index is 1.22. The second kappa shape index (κ2) is 11.6. The molecule has 5 heterocycles. The molecule has 0 atom stereocenters. The third-order valence-electron chi connectivity index (χ3n) is 13.7. The minimum Gasteiger partial charge on any atom is -0.454 e. The molecule has 3 aromatic heterocycles. The fourth-order valence-corrected chi connectivity index (χ4v) is 10.9. The zero-order chi connectivity index (χ0) is 40.3. The van der Waals surface area contributed by atoms with Gasteiger partial charge in [-0.15, -0.1) is 0 Å². The Morgan fingerprint density at radius 2 is 1.20 bits per heavy atom. The predicted octanol–water partition coefficient (Wildman–Crippen LogP) is 14.1. The molecule has 0 unspecified atom stereocenters. The van der Waals surface area contributed by atoms with E-state index in [4.69, 9.17) is 8.83 Å². The Morgan fingerprint density at radius 3 is 2.00 bits per heavy atom. The highest BCUT2D eigenvalue weighted by molar-refractivity contribution is 6.90. The van der Waals surface area contributed by atoms with Crippen molar-refractivity contribution < 1.29 is 8.83 Å². The number of benzene rings is 9. The summed E-state index contributed by atoms with van der Waals surface area (Å²) in [7, 11) is 0. The van der Waals surface area contributed by atoms with E-state index in [0.717, 1.165) is 66.5 Å². The first-order valence-electron chi connectivity index (χ1n) is 21.3. The number of furan rings is 2. The molecule has 0 saturated carbocycles. The van der Waals surface area contributed by atoms with Crippen molar-refractivity contribution in [3.63, 3.8) is 0 Å². The molecule has 286 valence electrons. The highest BCUT2D eigenvalue weighted by atomic mass is 16.3. The van der Waals surface area contributed by atoms with Crippen LogP contribution in [0.4, 0.5) is 17.1 Å². The molecule has 5 heteroatoms. The minimum absolute atomic E-state index is 0.0868. The van der Waals surface area contributed by atoms with Crippen molar-refractivity contribution in [2.24, 2.45) is 0 Å². The summed E-state index contributed by atoms with van der Waals surface area (Å²) in [6.45, 7) is 6.86. The highest BCUT2D eigenvalue weighted by Gasteiger charge is 2.45. The topological polar surface area (TPSA) is 34.5 Å². The van der Waals surface area contributed by atoms with E-state index in [1.165, 1.54) is 65.8 Å². The van der Waals surface area contributed by atoms with E-state index in [1.54, 1.807) is 0 Å². The van der Waals surface area contributed by atoms with Crippen molar-refractivity contribution >= 4 is 111 Å². The predicted molar refractivity (Wildman–Crippen MR) is 256 cm³/mol. The molecule has 0 bridgehead atoms. The lowest BCUT2D eigenvalue weighted by atomic mass is 9.45. The average Bonchev–Trinajstić information content (AvgIpc) is 3.97. The van der Waals surface area contributed by atoms with Crippen molar-refractivity contribution in [2.45, 2.75) is 26.2 Å². The van der Waals surface area contributed by atoms with Crippen LogP contribution in [0.3, 0.4) is 0 Å². The van der Waals surface area contributed by atoms with Gasteiger partial charge in [0.1, 0.15) is 11.2 Å². The van der Waals surface area contributed by atoms with Gasteiger partial charge in [0.05, 0.1) is 11.4 Å². The van der Waals surface area contributed by atoms with Gasteiger partial charge in [-0.3, -0.25) is 0 Å². The number of aromatic nitrogens is 1. The lowest BCUT2D eigenvalue weighted by Crippen LogP contribution is -2.56. The van der Waals surface area contributed by atoms with Crippen molar-refractivity contribution in [2.75, 3.05) is 4.90 Å². The number of nitrogens with zero attached hydrogens (tertiary/aromatic N) is 2. The molecule has 2 aliphatic rings. The van der Waals surface area contributed by atoms with E-state index >= 15 is 0 Å². The van der Waals surface area contributed by atoms with Crippen LogP contribution in [0.15, 0.2) is 179 Å². The van der Waals surface area contributed by atoms with Crippen LogP contribution in [0.5, 0.6) is 0 Å². The number of fused-ring (bicyclic) bond motifs is 16. The van der Waals surface area contributed by atoms with E-state index in [-0.39, 0.29) is 12.3 Å². The Bertz CT molecular complexity index is 3880. The van der Waals surface area contributed by atoms with Crippen LogP contribution in [0.1, 0.15) is 26.3 Å². The molecule has 0 saturated heterocycles. The summed E-state index contributed by atoms with van der Waals surface area (Å²) in [4.78, 5) is 2.48. The first-order valence-corrected chi connectivity index (χ1v) is 21.3. The van der Waals surface area contributed by atoms with Gasteiger partial charge in [-0.1, -0.05) is 142 Å².